The maximum Gasteiger partial charge on any atom is 0.339 e. The Hall–Kier alpha value is -3.85. The van der Waals surface area contributed by atoms with Crippen LogP contribution in [0.3, 0.4) is 0 Å². The molecule has 1 aliphatic heterocycles. The normalized spacial score (nSPS) is 15.9. The first kappa shape index (κ1) is 24.8. The molecule has 0 saturated carbocycles. The molecule has 2 N–H and O–H groups in total. The molecule has 0 bridgehead atoms. The second kappa shape index (κ2) is 9.89. The molecule has 0 spiro atoms. The first-order valence-corrected chi connectivity index (χ1v) is 12.5. The van der Waals surface area contributed by atoms with E-state index in [1.54, 1.807) is 12.4 Å². The minimum Gasteiger partial charge on any atom is -0.478 e. The third kappa shape index (κ3) is 4.55. The molecule has 0 amide bonds. The van der Waals surface area contributed by atoms with Crippen molar-refractivity contribution >= 4 is 28.4 Å². The molecular weight excluding hydrogens is 473 g/mol. The molecule has 192 valence electrons. The van der Waals surface area contributed by atoms with Crippen LogP contribution in [-0.4, -0.2) is 37.4 Å². The summed E-state index contributed by atoms with van der Waals surface area (Å²) in [5.74, 6) is -1.85. The summed E-state index contributed by atoms with van der Waals surface area (Å²) in [6, 6.07) is 6.72. The van der Waals surface area contributed by atoms with E-state index >= 15 is 4.39 Å². The van der Waals surface area contributed by atoms with Crippen LogP contribution in [0.2, 0.25) is 0 Å². The van der Waals surface area contributed by atoms with Crippen molar-refractivity contribution in [1.82, 2.24) is 19.7 Å². The van der Waals surface area contributed by atoms with Gasteiger partial charge in [0.25, 0.3) is 0 Å². The van der Waals surface area contributed by atoms with Gasteiger partial charge in [0, 0.05) is 23.8 Å². The lowest BCUT2D eigenvalue weighted by Crippen LogP contribution is -2.18. The van der Waals surface area contributed by atoms with Crippen LogP contribution in [0.5, 0.6) is 0 Å². The van der Waals surface area contributed by atoms with E-state index in [2.05, 4.69) is 20.4 Å². The molecule has 3 aromatic heterocycles. The van der Waals surface area contributed by atoms with E-state index < -0.39 is 11.8 Å². The lowest BCUT2D eigenvalue weighted by molar-refractivity contribution is -0.0366. The van der Waals surface area contributed by atoms with E-state index in [0.717, 1.165) is 53.1 Å². The highest BCUT2D eigenvalue weighted by atomic mass is 19.1. The highest BCUT2D eigenvalue weighted by Gasteiger charge is 2.25. The first-order chi connectivity index (χ1) is 17.8. The molecule has 8 nitrogen and oxygen atoms in total. The fraction of sp³-hybridized carbons (Fsp3) is 0.357. The van der Waals surface area contributed by atoms with E-state index in [-0.39, 0.29) is 29.2 Å². The number of carboxylic acids is 1. The van der Waals surface area contributed by atoms with Crippen LogP contribution in [0, 0.1) is 19.7 Å². The Morgan fingerprint density at radius 3 is 2.73 bits per heavy atom. The van der Waals surface area contributed by atoms with Crippen molar-refractivity contribution in [3.05, 3.63) is 64.9 Å². The van der Waals surface area contributed by atoms with Crippen molar-refractivity contribution in [1.29, 1.82) is 0 Å². The van der Waals surface area contributed by atoms with Crippen molar-refractivity contribution in [2.45, 2.75) is 59.1 Å². The number of anilines is 2. The first-order valence-electron chi connectivity index (χ1n) is 12.5. The van der Waals surface area contributed by atoms with Gasteiger partial charge in [-0.2, -0.15) is 5.10 Å². The number of rotatable bonds is 6. The number of nitrogens with zero attached hydrogens (tertiary/aromatic N) is 4. The zero-order valence-electron chi connectivity index (χ0n) is 21.4. The number of aromatic carboxylic acids is 1. The minimum atomic E-state index is -1.27. The van der Waals surface area contributed by atoms with Crippen LogP contribution < -0.4 is 5.32 Å². The van der Waals surface area contributed by atoms with Gasteiger partial charge in [-0.1, -0.05) is 19.9 Å². The molecule has 4 heterocycles. The summed E-state index contributed by atoms with van der Waals surface area (Å²) in [6.07, 6.45) is 6.19. The van der Waals surface area contributed by atoms with Gasteiger partial charge < -0.3 is 15.2 Å². The van der Waals surface area contributed by atoms with Crippen LogP contribution in [0.1, 0.15) is 72.4 Å². The van der Waals surface area contributed by atoms with Crippen LogP contribution in [-0.2, 0) is 4.74 Å². The molecular formula is C28H30FN5O3. The molecule has 1 aliphatic rings. The lowest BCUT2D eigenvalue weighted by atomic mass is 9.99. The summed E-state index contributed by atoms with van der Waals surface area (Å²) >= 11 is 0. The van der Waals surface area contributed by atoms with Crippen LogP contribution >= 0.6 is 0 Å². The van der Waals surface area contributed by atoms with Crippen LogP contribution in [0.15, 0.2) is 36.7 Å². The topological polar surface area (TPSA) is 102 Å². The number of ether oxygens (including phenoxy) is 1. The van der Waals surface area contributed by atoms with Gasteiger partial charge in [-0.3, -0.25) is 4.98 Å². The molecule has 4 aromatic rings. The Morgan fingerprint density at radius 2 is 2.03 bits per heavy atom. The van der Waals surface area contributed by atoms with Gasteiger partial charge >= 0.3 is 5.97 Å². The summed E-state index contributed by atoms with van der Waals surface area (Å²) in [4.78, 5) is 21.1. The highest BCUT2D eigenvalue weighted by molar-refractivity contribution is 5.98. The van der Waals surface area contributed by atoms with Gasteiger partial charge in [-0.25, -0.2) is 18.9 Å². The number of hydrogen-bond donors (Lipinski definition) is 2. The maximum atomic E-state index is 15.6. The van der Waals surface area contributed by atoms with E-state index in [0.29, 0.717) is 17.9 Å². The number of benzene rings is 1. The fourth-order valence-corrected chi connectivity index (χ4v) is 4.91. The molecule has 5 rings (SSSR count). The third-order valence-corrected chi connectivity index (χ3v) is 6.84. The average Bonchev–Trinajstić information content (AvgIpc) is 3.30. The molecule has 1 unspecified atom stereocenters. The predicted molar refractivity (Wildman–Crippen MR) is 140 cm³/mol. The second-order valence-electron chi connectivity index (χ2n) is 9.79. The SMILES string of the molecule is Cc1ccnc(C(C)C)c1Nc1nc(-c2c(C)ccc3c2cnn3C2CCCCO2)c(F)cc1C(=O)O. The molecule has 1 aromatic carbocycles. The monoisotopic (exact) mass is 503 g/mol. The molecule has 0 radical (unpaired) electrons. The van der Waals surface area contributed by atoms with E-state index in [4.69, 9.17) is 4.74 Å². The lowest BCUT2D eigenvalue weighted by Gasteiger charge is -2.23. The summed E-state index contributed by atoms with van der Waals surface area (Å²) < 4.78 is 23.3. The Labute approximate surface area is 214 Å². The fourth-order valence-electron chi connectivity index (χ4n) is 4.91. The molecule has 9 heteroatoms. The van der Waals surface area contributed by atoms with Crippen molar-refractivity contribution < 1.29 is 19.0 Å². The molecule has 1 fully saturated rings. The summed E-state index contributed by atoms with van der Waals surface area (Å²) in [5.41, 5.74) is 4.33. The quantitative estimate of drug-likeness (QED) is 0.309. The van der Waals surface area contributed by atoms with E-state index in [9.17, 15) is 9.90 Å². The summed E-state index contributed by atoms with van der Waals surface area (Å²) in [6.45, 7) is 8.48. The van der Waals surface area contributed by atoms with Crippen molar-refractivity contribution in [2.24, 2.45) is 0 Å². The largest absolute Gasteiger partial charge is 0.478 e. The molecule has 0 aliphatic carbocycles. The third-order valence-electron chi connectivity index (χ3n) is 6.84. The van der Waals surface area contributed by atoms with Crippen LogP contribution in [0.4, 0.5) is 15.9 Å². The minimum absolute atomic E-state index is 0.0568. The maximum absolute atomic E-state index is 15.6. The van der Waals surface area contributed by atoms with Gasteiger partial charge in [0.1, 0.15) is 17.1 Å². The van der Waals surface area contributed by atoms with E-state index in [1.807, 2.05) is 50.6 Å². The molecule has 1 atom stereocenters. The number of aryl methyl sites for hydroxylation is 2. The van der Waals surface area contributed by atoms with Crippen molar-refractivity contribution in [2.75, 3.05) is 11.9 Å². The van der Waals surface area contributed by atoms with Crippen molar-refractivity contribution in [3.8, 4) is 11.3 Å². The second-order valence-corrected chi connectivity index (χ2v) is 9.79. The van der Waals surface area contributed by atoms with Gasteiger partial charge in [0.2, 0.25) is 0 Å². The van der Waals surface area contributed by atoms with Crippen LogP contribution in [0.25, 0.3) is 22.2 Å². The molecule has 1 saturated heterocycles. The number of pyridine rings is 2. The number of carbonyl (C=O) groups is 1. The summed E-state index contributed by atoms with van der Waals surface area (Å²) in [5, 5.41) is 18.3. The zero-order valence-corrected chi connectivity index (χ0v) is 21.4. The van der Waals surface area contributed by atoms with Gasteiger partial charge in [0.15, 0.2) is 12.0 Å². The Kier molecular flexibility index (Phi) is 6.64. The number of aromatic nitrogens is 4. The highest BCUT2D eigenvalue weighted by Crippen LogP contribution is 2.37. The van der Waals surface area contributed by atoms with Crippen molar-refractivity contribution in [3.63, 3.8) is 0 Å². The molecule has 37 heavy (non-hydrogen) atoms. The number of halogens is 1. The Morgan fingerprint density at radius 1 is 1.22 bits per heavy atom. The Balaban J connectivity index is 1.68. The van der Waals surface area contributed by atoms with Gasteiger partial charge in [0.05, 0.1) is 23.1 Å². The standard InChI is InChI=1S/C28H30FN5O3/c1-15(2)24-25(17(4)10-11-30-24)32-27-18(28(35)36)13-20(29)26(33-27)23-16(3)8-9-21-19(23)14-31-34(21)22-7-5-6-12-37-22/h8-11,13-15,22H,5-7,12H2,1-4H3,(H,32,33)(H,35,36). The predicted octanol–water partition coefficient (Wildman–Crippen LogP) is 6.51. The number of fused-ring (bicyclic) bond motifs is 1. The van der Waals surface area contributed by atoms with E-state index in [1.165, 1.54) is 0 Å². The zero-order chi connectivity index (χ0) is 26.3. The van der Waals surface area contributed by atoms with Gasteiger partial charge in [-0.15, -0.1) is 0 Å². The average molecular weight is 504 g/mol. The number of hydrogen-bond acceptors (Lipinski definition) is 6. The smallest absolute Gasteiger partial charge is 0.339 e. The number of carboxylic acid groups (broad SMARTS) is 1. The number of nitrogens with one attached hydrogen (secondary N) is 1. The summed E-state index contributed by atoms with van der Waals surface area (Å²) in [7, 11) is 0. The Bertz CT molecular complexity index is 1490. The van der Waals surface area contributed by atoms with Gasteiger partial charge in [-0.05, 0) is 68.4 Å².